The Morgan fingerprint density at radius 3 is 2.47 bits per heavy atom. The van der Waals surface area contributed by atoms with E-state index in [0.29, 0.717) is 0 Å². The first-order valence-electron chi connectivity index (χ1n) is 6.19. The van der Waals surface area contributed by atoms with E-state index in [4.69, 9.17) is 9.47 Å². The number of hydrogen-bond acceptors (Lipinski definition) is 2. The third-order valence-corrected chi connectivity index (χ3v) is 2.17. The molecule has 0 aliphatic rings. The fourth-order valence-corrected chi connectivity index (χ4v) is 1.36. The summed E-state index contributed by atoms with van der Waals surface area (Å²) in [5, 5.41) is 0. The van der Waals surface area contributed by atoms with Gasteiger partial charge in [-0.2, -0.15) is 0 Å². The number of rotatable bonds is 10. The zero-order valence-electron chi connectivity index (χ0n) is 10.5. The first-order chi connectivity index (χ1) is 7.31. The molecule has 0 fully saturated rings. The highest BCUT2D eigenvalue weighted by Crippen LogP contribution is 2.03. The largest absolute Gasteiger partial charge is 0.353 e. The third kappa shape index (κ3) is 11.6. The highest BCUT2D eigenvalue weighted by molar-refractivity contribution is 4.79. The predicted molar refractivity (Wildman–Crippen MR) is 64.9 cm³/mol. The van der Waals surface area contributed by atoms with Gasteiger partial charge >= 0.3 is 0 Å². The van der Waals surface area contributed by atoms with E-state index in [2.05, 4.69) is 19.1 Å². The maximum Gasteiger partial charge on any atom is 0.154 e. The second kappa shape index (κ2) is 11.7. The topological polar surface area (TPSA) is 18.5 Å². The summed E-state index contributed by atoms with van der Waals surface area (Å²) < 4.78 is 10.7. The third-order valence-electron chi connectivity index (χ3n) is 2.17. The average molecular weight is 214 g/mol. The van der Waals surface area contributed by atoms with Crippen molar-refractivity contribution in [2.45, 2.75) is 59.2 Å². The van der Waals surface area contributed by atoms with Gasteiger partial charge in [0.15, 0.2) is 6.29 Å². The van der Waals surface area contributed by atoms with E-state index >= 15 is 0 Å². The number of unbranched alkanes of at least 4 members (excludes halogenated alkanes) is 3. The maximum atomic E-state index is 5.47. The van der Waals surface area contributed by atoms with Crippen molar-refractivity contribution < 1.29 is 9.47 Å². The second-order valence-corrected chi connectivity index (χ2v) is 3.62. The van der Waals surface area contributed by atoms with Gasteiger partial charge in [-0.1, -0.05) is 25.5 Å². The van der Waals surface area contributed by atoms with Gasteiger partial charge in [0.05, 0.1) is 0 Å². The van der Waals surface area contributed by atoms with Gasteiger partial charge in [0.25, 0.3) is 0 Å². The van der Waals surface area contributed by atoms with Crippen molar-refractivity contribution >= 4 is 0 Å². The van der Waals surface area contributed by atoms with Crippen LogP contribution in [0, 0.1) is 0 Å². The summed E-state index contributed by atoms with van der Waals surface area (Å²) in [6.07, 6.45) is 10.4. The molecular weight excluding hydrogens is 188 g/mol. The SMILES string of the molecule is CC/C=C/CCCCCOC(C)OCC. The maximum absolute atomic E-state index is 5.47. The van der Waals surface area contributed by atoms with Crippen LogP contribution in [0.5, 0.6) is 0 Å². The Morgan fingerprint density at radius 1 is 1.00 bits per heavy atom. The van der Waals surface area contributed by atoms with E-state index in [0.717, 1.165) is 26.1 Å². The van der Waals surface area contributed by atoms with Crippen molar-refractivity contribution in [3.8, 4) is 0 Å². The van der Waals surface area contributed by atoms with Gasteiger partial charge in [0.1, 0.15) is 0 Å². The molecule has 0 bridgehead atoms. The second-order valence-electron chi connectivity index (χ2n) is 3.62. The lowest BCUT2D eigenvalue weighted by atomic mass is 10.2. The molecule has 0 saturated heterocycles. The summed E-state index contributed by atoms with van der Waals surface area (Å²) in [7, 11) is 0. The van der Waals surface area contributed by atoms with E-state index in [-0.39, 0.29) is 6.29 Å². The van der Waals surface area contributed by atoms with Gasteiger partial charge in [-0.05, 0) is 39.5 Å². The highest BCUT2D eigenvalue weighted by atomic mass is 16.7. The van der Waals surface area contributed by atoms with E-state index in [1.54, 1.807) is 0 Å². The summed E-state index contributed by atoms with van der Waals surface area (Å²) in [6.45, 7) is 7.65. The molecule has 0 aromatic carbocycles. The van der Waals surface area contributed by atoms with Crippen molar-refractivity contribution in [2.24, 2.45) is 0 Å². The molecule has 2 nitrogen and oxygen atoms in total. The van der Waals surface area contributed by atoms with Crippen LogP contribution < -0.4 is 0 Å². The van der Waals surface area contributed by atoms with Gasteiger partial charge in [-0.25, -0.2) is 0 Å². The number of ether oxygens (including phenoxy) is 2. The minimum absolute atomic E-state index is 0.0463. The molecular formula is C13H26O2. The summed E-state index contributed by atoms with van der Waals surface area (Å²) in [5.41, 5.74) is 0. The van der Waals surface area contributed by atoms with Crippen LogP contribution in [0.25, 0.3) is 0 Å². The quantitative estimate of drug-likeness (QED) is 0.312. The molecule has 1 atom stereocenters. The van der Waals surface area contributed by atoms with Gasteiger partial charge in [0.2, 0.25) is 0 Å². The van der Waals surface area contributed by atoms with E-state index in [9.17, 15) is 0 Å². The Labute approximate surface area is 94.7 Å². The van der Waals surface area contributed by atoms with Crippen LogP contribution in [0.15, 0.2) is 12.2 Å². The number of allylic oxidation sites excluding steroid dienone is 2. The molecule has 0 radical (unpaired) electrons. The molecule has 2 heteroatoms. The summed E-state index contributed by atoms with van der Waals surface area (Å²) >= 11 is 0. The van der Waals surface area contributed by atoms with E-state index in [1.165, 1.54) is 19.3 Å². The molecule has 0 spiro atoms. The van der Waals surface area contributed by atoms with Crippen molar-refractivity contribution in [2.75, 3.05) is 13.2 Å². The normalized spacial score (nSPS) is 13.5. The molecule has 0 aliphatic heterocycles. The van der Waals surface area contributed by atoms with Crippen LogP contribution in [0.2, 0.25) is 0 Å². The van der Waals surface area contributed by atoms with Gasteiger partial charge in [0, 0.05) is 13.2 Å². The first-order valence-corrected chi connectivity index (χ1v) is 6.19. The van der Waals surface area contributed by atoms with Crippen molar-refractivity contribution in [1.29, 1.82) is 0 Å². The first kappa shape index (κ1) is 14.7. The zero-order chi connectivity index (χ0) is 11.4. The Bertz CT molecular complexity index is 143. The van der Waals surface area contributed by atoms with E-state index in [1.807, 2.05) is 13.8 Å². The minimum atomic E-state index is -0.0463. The smallest absolute Gasteiger partial charge is 0.154 e. The Kier molecular flexibility index (Phi) is 11.5. The van der Waals surface area contributed by atoms with Crippen LogP contribution in [0.3, 0.4) is 0 Å². The van der Waals surface area contributed by atoms with Crippen LogP contribution in [0.4, 0.5) is 0 Å². The molecule has 0 N–H and O–H groups in total. The Balaban J connectivity index is 3.07. The lowest BCUT2D eigenvalue weighted by Gasteiger charge is -2.12. The van der Waals surface area contributed by atoms with Crippen LogP contribution in [-0.4, -0.2) is 19.5 Å². The molecule has 0 rings (SSSR count). The zero-order valence-corrected chi connectivity index (χ0v) is 10.5. The lowest BCUT2D eigenvalue weighted by Crippen LogP contribution is -2.13. The Hall–Kier alpha value is -0.340. The van der Waals surface area contributed by atoms with Crippen LogP contribution in [-0.2, 0) is 9.47 Å². The van der Waals surface area contributed by atoms with Crippen molar-refractivity contribution in [3.05, 3.63) is 12.2 Å². The average Bonchev–Trinajstić information content (AvgIpc) is 2.22. The van der Waals surface area contributed by atoms with Crippen LogP contribution in [0.1, 0.15) is 52.9 Å². The molecule has 0 aliphatic carbocycles. The summed E-state index contributed by atoms with van der Waals surface area (Å²) in [4.78, 5) is 0. The molecule has 0 saturated carbocycles. The van der Waals surface area contributed by atoms with Gasteiger partial charge < -0.3 is 9.47 Å². The molecule has 0 heterocycles. The molecule has 1 unspecified atom stereocenters. The van der Waals surface area contributed by atoms with Gasteiger partial charge in [-0.3, -0.25) is 0 Å². The van der Waals surface area contributed by atoms with Gasteiger partial charge in [-0.15, -0.1) is 0 Å². The standard InChI is InChI=1S/C13H26O2/c1-4-6-7-8-9-10-11-12-15-13(3)14-5-2/h6-7,13H,4-5,8-12H2,1-3H3/b7-6+. The highest BCUT2D eigenvalue weighted by Gasteiger charge is 1.98. The summed E-state index contributed by atoms with van der Waals surface area (Å²) in [5.74, 6) is 0. The monoisotopic (exact) mass is 214 g/mol. The fourth-order valence-electron chi connectivity index (χ4n) is 1.36. The van der Waals surface area contributed by atoms with Crippen LogP contribution >= 0.6 is 0 Å². The molecule has 0 aromatic heterocycles. The summed E-state index contributed by atoms with van der Waals surface area (Å²) in [6, 6.07) is 0. The fraction of sp³-hybridized carbons (Fsp3) is 0.846. The van der Waals surface area contributed by atoms with E-state index < -0.39 is 0 Å². The molecule has 15 heavy (non-hydrogen) atoms. The predicted octanol–water partition coefficient (Wildman–Crippen LogP) is 3.91. The molecule has 0 amide bonds. The Morgan fingerprint density at radius 2 is 1.80 bits per heavy atom. The van der Waals surface area contributed by atoms with Crippen molar-refractivity contribution in [1.82, 2.24) is 0 Å². The van der Waals surface area contributed by atoms with Crippen molar-refractivity contribution in [3.63, 3.8) is 0 Å². The minimum Gasteiger partial charge on any atom is -0.353 e. The molecule has 90 valence electrons. The lowest BCUT2D eigenvalue weighted by molar-refractivity contribution is -0.127. The molecule has 0 aromatic rings. The number of hydrogen-bond donors (Lipinski definition) is 0.